The Labute approximate surface area is 135 Å². The highest BCUT2D eigenvalue weighted by atomic mass is 79.9. The molecule has 1 unspecified atom stereocenters. The SMILES string of the molecule is CCOC(CC)(CC)C(O)c1ccc(OC)c(Br)c1OC. The normalized spacial score (nSPS) is 13.1. The molecule has 0 saturated heterocycles. The van der Waals surface area contributed by atoms with E-state index >= 15 is 0 Å². The Morgan fingerprint density at radius 2 is 1.76 bits per heavy atom. The quantitative estimate of drug-likeness (QED) is 0.758. The van der Waals surface area contributed by atoms with Crippen molar-refractivity contribution in [3.63, 3.8) is 0 Å². The Kier molecular flexibility index (Phi) is 6.97. The zero-order chi connectivity index (χ0) is 16.0. The molecule has 0 aliphatic carbocycles. The van der Waals surface area contributed by atoms with Crippen molar-refractivity contribution in [1.82, 2.24) is 0 Å². The van der Waals surface area contributed by atoms with Gasteiger partial charge in [-0.1, -0.05) is 13.8 Å². The maximum absolute atomic E-state index is 10.9. The molecule has 1 atom stereocenters. The number of hydrogen-bond acceptors (Lipinski definition) is 4. The van der Waals surface area contributed by atoms with E-state index in [1.165, 1.54) is 0 Å². The second kappa shape index (κ2) is 8.01. The van der Waals surface area contributed by atoms with Gasteiger partial charge in [0.25, 0.3) is 0 Å². The van der Waals surface area contributed by atoms with Crippen LogP contribution in [0.2, 0.25) is 0 Å². The average molecular weight is 361 g/mol. The number of benzene rings is 1. The molecule has 1 aromatic carbocycles. The first-order valence-electron chi connectivity index (χ1n) is 7.23. The zero-order valence-electron chi connectivity index (χ0n) is 13.4. The molecule has 0 spiro atoms. The minimum absolute atomic E-state index is 0.554. The van der Waals surface area contributed by atoms with Crippen LogP contribution in [0.25, 0.3) is 0 Å². The standard InChI is InChI=1S/C16H25BrO4/c1-6-16(7-2,21-8-3)15(18)11-9-10-12(19-4)13(17)14(11)20-5/h9-10,15,18H,6-8H2,1-5H3. The summed E-state index contributed by atoms with van der Waals surface area (Å²) in [5, 5.41) is 10.9. The lowest BCUT2D eigenvalue weighted by atomic mass is 9.85. The van der Waals surface area contributed by atoms with Crippen molar-refractivity contribution in [2.24, 2.45) is 0 Å². The van der Waals surface area contributed by atoms with Gasteiger partial charge >= 0.3 is 0 Å². The van der Waals surface area contributed by atoms with Gasteiger partial charge < -0.3 is 19.3 Å². The molecule has 0 aromatic heterocycles. The van der Waals surface area contributed by atoms with Crippen molar-refractivity contribution < 1.29 is 19.3 Å². The van der Waals surface area contributed by atoms with Crippen LogP contribution in [-0.4, -0.2) is 31.5 Å². The first-order valence-corrected chi connectivity index (χ1v) is 8.02. The van der Waals surface area contributed by atoms with Crippen molar-refractivity contribution >= 4 is 15.9 Å². The highest BCUT2D eigenvalue weighted by Gasteiger charge is 2.38. The number of aliphatic hydroxyl groups excluding tert-OH is 1. The Morgan fingerprint density at radius 1 is 1.14 bits per heavy atom. The van der Waals surface area contributed by atoms with E-state index in [1.807, 2.05) is 32.9 Å². The molecule has 0 fully saturated rings. The van der Waals surface area contributed by atoms with Crippen LogP contribution < -0.4 is 9.47 Å². The molecule has 0 aliphatic heterocycles. The van der Waals surface area contributed by atoms with E-state index in [0.717, 1.165) is 0 Å². The summed E-state index contributed by atoms with van der Waals surface area (Å²) in [5.74, 6) is 1.24. The van der Waals surface area contributed by atoms with Crippen molar-refractivity contribution in [2.75, 3.05) is 20.8 Å². The molecule has 21 heavy (non-hydrogen) atoms. The fourth-order valence-corrected chi connectivity index (χ4v) is 3.31. The Hall–Kier alpha value is -0.780. The van der Waals surface area contributed by atoms with E-state index in [2.05, 4.69) is 15.9 Å². The average Bonchev–Trinajstić information content (AvgIpc) is 2.51. The van der Waals surface area contributed by atoms with E-state index in [-0.39, 0.29) is 0 Å². The molecule has 0 saturated carbocycles. The van der Waals surface area contributed by atoms with Gasteiger partial charge in [0.05, 0.1) is 19.8 Å². The van der Waals surface area contributed by atoms with Crippen LogP contribution in [0.15, 0.2) is 16.6 Å². The molecule has 120 valence electrons. The predicted molar refractivity (Wildman–Crippen MR) is 87.1 cm³/mol. The molecular weight excluding hydrogens is 336 g/mol. The highest BCUT2D eigenvalue weighted by molar-refractivity contribution is 9.10. The second-order valence-electron chi connectivity index (χ2n) is 4.81. The Balaban J connectivity index is 3.34. The van der Waals surface area contributed by atoms with Crippen LogP contribution in [0, 0.1) is 0 Å². The number of rotatable bonds is 8. The molecule has 0 heterocycles. The largest absolute Gasteiger partial charge is 0.495 e. The van der Waals surface area contributed by atoms with Crippen molar-refractivity contribution in [2.45, 2.75) is 45.3 Å². The molecule has 1 aromatic rings. The van der Waals surface area contributed by atoms with Crippen LogP contribution >= 0.6 is 15.9 Å². The monoisotopic (exact) mass is 360 g/mol. The summed E-state index contributed by atoms with van der Waals surface area (Å²) in [4.78, 5) is 0. The molecule has 1 rings (SSSR count). The summed E-state index contributed by atoms with van der Waals surface area (Å²) in [6.07, 6.45) is 0.654. The fourth-order valence-electron chi connectivity index (χ4n) is 2.62. The molecule has 1 N–H and O–H groups in total. The van der Waals surface area contributed by atoms with Gasteiger partial charge in [-0.15, -0.1) is 0 Å². The van der Waals surface area contributed by atoms with E-state index in [9.17, 15) is 5.11 Å². The second-order valence-corrected chi connectivity index (χ2v) is 5.60. The third-order valence-corrected chi connectivity index (χ3v) is 4.69. The highest BCUT2D eigenvalue weighted by Crippen LogP contribution is 2.44. The third-order valence-electron chi connectivity index (χ3n) is 3.94. The van der Waals surface area contributed by atoms with Crippen LogP contribution in [0.3, 0.4) is 0 Å². The van der Waals surface area contributed by atoms with E-state index in [1.54, 1.807) is 14.2 Å². The minimum Gasteiger partial charge on any atom is -0.495 e. The number of hydrogen-bond donors (Lipinski definition) is 1. The molecule has 5 heteroatoms. The predicted octanol–water partition coefficient (Wildman–Crippen LogP) is 4.10. The van der Waals surface area contributed by atoms with Crippen LogP contribution in [0.4, 0.5) is 0 Å². The van der Waals surface area contributed by atoms with Gasteiger partial charge in [0.15, 0.2) is 0 Å². The summed E-state index contributed by atoms with van der Waals surface area (Å²) in [6.45, 7) is 6.53. The maximum Gasteiger partial charge on any atom is 0.142 e. The van der Waals surface area contributed by atoms with Gasteiger partial charge in [-0.2, -0.15) is 0 Å². The maximum atomic E-state index is 10.9. The van der Waals surface area contributed by atoms with Gasteiger partial charge in [0.1, 0.15) is 22.1 Å². The first-order chi connectivity index (χ1) is 10.0. The lowest BCUT2D eigenvalue weighted by molar-refractivity contribution is -0.128. The molecule has 0 aliphatic rings. The first kappa shape index (κ1) is 18.3. The van der Waals surface area contributed by atoms with Crippen molar-refractivity contribution in [3.05, 3.63) is 22.2 Å². The summed E-state index contributed by atoms with van der Waals surface area (Å²) in [6, 6.07) is 3.64. The summed E-state index contributed by atoms with van der Waals surface area (Å²) < 4.78 is 17.3. The smallest absolute Gasteiger partial charge is 0.142 e. The van der Waals surface area contributed by atoms with Gasteiger partial charge in [-0.05, 0) is 47.8 Å². The number of ether oxygens (including phenoxy) is 3. The summed E-state index contributed by atoms with van der Waals surface area (Å²) in [5.41, 5.74) is 0.0816. The lowest BCUT2D eigenvalue weighted by Gasteiger charge is -2.37. The van der Waals surface area contributed by atoms with E-state index < -0.39 is 11.7 Å². The topological polar surface area (TPSA) is 47.9 Å². The Bertz CT molecular complexity index is 458. The molecule has 4 nitrogen and oxygen atoms in total. The number of aliphatic hydroxyl groups is 1. The number of halogens is 1. The van der Waals surface area contributed by atoms with Crippen molar-refractivity contribution in [1.29, 1.82) is 0 Å². The van der Waals surface area contributed by atoms with Gasteiger partial charge in [-0.25, -0.2) is 0 Å². The summed E-state index contributed by atoms with van der Waals surface area (Å²) in [7, 11) is 3.17. The molecule has 0 radical (unpaired) electrons. The zero-order valence-corrected chi connectivity index (χ0v) is 15.0. The van der Waals surface area contributed by atoms with Gasteiger partial charge in [0.2, 0.25) is 0 Å². The van der Waals surface area contributed by atoms with Crippen molar-refractivity contribution in [3.8, 4) is 11.5 Å². The van der Waals surface area contributed by atoms with Crippen LogP contribution in [-0.2, 0) is 4.74 Å². The van der Waals surface area contributed by atoms with Gasteiger partial charge in [-0.3, -0.25) is 0 Å². The summed E-state index contributed by atoms with van der Waals surface area (Å²) >= 11 is 3.47. The minimum atomic E-state index is -0.774. The fraction of sp³-hybridized carbons (Fsp3) is 0.625. The van der Waals surface area contributed by atoms with Crippen LogP contribution in [0.1, 0.15) is 45.3 Å². The third kappa shape index (κ3) is 3.52. The van der Waals surface area contributed by atoms with Crippen LogP contribution in [0.5, 0.6) is 11.5 Å². The van der Waals surface area contributed by atoms with E-state index in [4.69, 9.17) is 14.2 Å². The molecular formula is C16H25BrO4. The Morgan fingerprint density at radius 3 is 2.19 bits per heavy atom. The lowest BCUT2D eigenvalue weighted by Crippen LogP contribution is -2.38. The number of methoxy groups -OCH3 is 2. The molecule has 0 amide bonds. The molecule has 0 bridgehead atoms. The van der Waals surface area contributed by atoms with Gasteiger partial charge in [0, 0.05) is 12.2 Å². The van der Waals surface area contributed by atoms with E-state index in [0.29, 0.717) is 41.0 Å².